The van der Waals surface area contributed by atoms with Crippen molar-refractivity contribution in [1.29, 1.82) is 0 Å². The minimum Gasteiger partial charge on any atom is -0.307 e. The standard InChI is InChI=1S/C23H43N3O/c1-5-7-8-9-10-11-12-13-14-15-16-17-18-23-24-19-20-26(23,6-2)21(3)25-22(4)27/h7-8,19,21,23H,5-6,9-18,20H2,1-4H3/p+1/b8-7+. The summed E-state index contributed by atoms with van der Waals surface area (Å²) in [4.78, 5) is 16.3. The number of carbonyl (C=O) groups is 1. The molecule has 1 rings (SSSR count). The van der Waals surface area contributed by atoms with Gasteiger partial charge in [0.2, 0.25) is 5.91 Å². The molecule has 0 aromatic carbocycles. The van der Waals surface area contributed by atoms with Crippen molar-refractivity contribution in [2.24, 2.45) is 4.99 Å². The highest BCUT2D eigenvalue weighted by Gasteiger charge is 2.42. The van der Waals surface area contributed by atoms with E-state index in [1.165, 1.54) is 57.8 Å². The first-order valence-corrected chi connectivity index (χ1v) is 11.4. The lowest BCUT2D eigenvalue weighted by atomic mass is 10.0. The van der Waals surface area contributed by atoms with Crippen LogP contribution in [0.4, 0.5) is 0 Å². The first-order valence-electron chi connectivity index (χ1n) is 11.4. The number of rotatable bonds is 15. The van der Waals surface area contributed by atoms with Crippen LogP contribution in [0.15, 0.2) is 17.1 Å². The van der Waals surface area contributed by atoms with Crippen molar-refractivity contribution in [1.82, 2.24) is 5.32 Å². The molecule has 27 heavy (non-hydrogen) atoms. The number of aliphatic imine (C=N–C) groups is 1. The van der Waals surface area contributed by atoms with Gasteiger partial charge < -0.3 is 5.32 Å². The van der Waals surface area contributed by atoms with Crippen LogP contribution in [0.3, 0.4) is 0 Å². The fourth-order valence-electron chi connectivity index (χ4n) is 4.29. The second kappa shape index (κ2) is 13.9. The summed E-state index contributed by atoms with van der Waals surface area (Å²) in [6.45, 7) is 10.1. The topological polar surface area (TPSA) is 41.5 Å². The van der Waals surface area contributed by atoms with E-state index in [0.717, 1.165) is 30.4 Å². The van der Waals surface area contributed by atoms with Crippen molar-refractivity contribution in [3.05, 3.63) is 12.2 Å². The van der Waals surface area contributed by atoms with Crippen molar-refractivity contribution in [3.63, 3.8) is 0 Å². The Bertz CT molecular complexity index is 461. The normalized spacial score (nSPS) is 23.2. The maximum atomic E-state index is 11.5. The third kappa shape index (κ3) is 8.59. The van der Waals surface area contributed by atoms with E-state index >= 15 is 0 Å². The molecule has 4 heteroatoms. The summed E-state index contributed by atoms with van der Waals surface area (Å²) in [5.41, 5.74) is 0. The van der Waals surface area contributed by atoms with E-state index in [-0.39, 0.29) is 12.1 Å². The zero-order chi connectivity index (χ0) is 20.0. The number of hydrogen-bond acceptors (Lipinski definition) is 2. The number of hydrogen-bond donors (Lipinski definition) is 1. The summed E-state index contributed by atoms with van der Waals surface area (Å²) in [5, 5.41) is 3.10. The molecule has 0 aromatic heterocycles. The number of unbranched alkanes of at least 4 members (excludes halogenated alkanes) is 8. The summed E-state index contributed by atoms with van der Waals surface area (Å²) in [7, 11) is 0. The second-order valence-corrected chi connectivity index (χ2v) is 8.08. The van der Waals surface area contributed by atoms with Gasteiger partial charge in [0, 0.05) is 20.3 Å². The van der Waals surface area contributed by atoms with E-state index in [1.54, 1.807) is 6.92 Å². The van der Waals surface area contributed by atoms with Crippen molar-refractivity contribution >= 4 is 12.1 Å². The maximum absolute atomic E-state index is 11.5. The summed E-state index contributed by atoms with van der Waals surface area (Å²) in [6.07, 6.45) is 21.4. The van der Waals surface area contributed by atoms with Crippen LogP contribution in [0, 0.1) is 0 Å². The number of amides is 1. The summed E-state index contributed by atoms with van der Waals surface area (Å²) in [5.74, 6) is 0.0560. The molecule has 0 saturated carbocycles. The molecule has 0 saturated heterocycles. The number of nitrogens with zero attached hydrogens (tertiary/aromatic N) is 2. The smallest absolute Gasteiger partial charge is 0.221 e. The molecule has 0 spiro atoms. The Balaban J connectivity index is 2.15. The van der Waals surface area contributed by atoms with Crippen molar-refractivity contribution < 1.29 is 9.28 Å². The minimum absolute atomic E-state index is 0.0560. The van der Waals surface area contributed by atoms with Crippen LogP contribution in [0.1, 0.15) is 98.3 Å². The Hall–Kier alpha value is -1.16. The highest BCUT2D eigenvalue weighted by molar-refractivity contribution is 5.73. The molecule has 1 aliphatic heterocycles. The molecule has 1 amide bonds. The number of carbonyl (C=O) groups excluding carboxylic acids is 1. The molecule has 156 valence electrons. The van der Waals surface area contributed by atoms with Gasteiger partial charge in [-0.05, 0) is 32.6 Å². The number of nitrogens with one attached hydrogen (secondary N) is 1. The van der Waals surface area contributed by atoms with Crippen LogP contribution < -0.4 is 5.32 Å². The highest BCUT2D eigenvalue weighted by Crippen LogP contribution is 2.27. The van der Waals surface area contributed by atoms with E-state index in [2.05, 4.69) is 44.5 Å². The Kier molecular flexibility index (Phi) is 12.3. The van der Waals surface area contributed by atoms with Crippen LogP contribution in [-0.4, -0.2) is 42.0 Å². The van der Waals surface area contributed by atoms with Crippen LogP contribution >= 0.6 is 0 Å². The quantitative estimate of drug-likeness (QED) is 0.225. The minimum atomic E-state index is 0.0560. The predicted octanol–water partition coefficient (Wildman–Crippen LogP) is 5.58. The molecule has 0 fully saturated rings. The molecule has 1 N–H and O–H groups in total. The largest absolute Gasteiger partial charge is 0.307 e. The van der Waals surface area contributed by atoms with Crippen LogP contribution in [0.25, 0.3) is 0 Å². The first kappa shape index (κ1) is 23.9. The van der Waals surface area contributed by atoms with Gasteiger partial charge in [-0.3, -0.25) is 9.28 Å². The molecule has 3 unspecified atom stereocenters. The monoisotopic (exact) mass is 378 g/mol. The van der Waals surface area contributed by atoms with Crippen molar-refractivity contribution in [3.8, 4) is 0 Å². The zero-order valence-electron chi connectivity index (χ0n) is 18.4. The molecule has 0 aromatic rings. The fraction of sp³-hybridized carbons (Fsp3) is 0.826. The molecule has 1 heterocycles. The van der Waals surface area contributed by atoms with Crippen molar-refractivity contribution in [2.75, 3.05) is 13.1 Å². The average molecular weight is 379 g/mol. The molecule has 4 nitrogen and oxygen atoms in total. The lowest BCUT2D eigenvalue weighted by Gasteiger charge is -2.42. The second-order valence-electron chi connectivity index (χ2n) is 8.08. The molecular formula is C23H44N3O+. The van der Waals surface area contributed by atoms with Gasteiger partial charge in [-0.25, -0.2) is 4.99 Å². The van der Waals surface area contributed by atoms with Crippen LogP contribution in [0.2, 0.25) is 0 Å². The Morgan fingerprint density at radius 1 is 1.11 bits per heavy atom. The highest BCUT2D eigenvalue weighted by atomic mass is 16.1. The average Bonchev–Trinajstić information content (AvgIpc) is 3.06. The fourth-order valence-corrected chi connectivity index (χ4v) is 4.29. The third-order valence-electron chi connectivity index (χ3n) is 6.05. The predicted molar refractivity (Wildman–Crippen MR) is 117 cm³/mol. The van der Waals surface area contributed by atoms with Crippen LogP contribution in [-0.2, 0) is 4.79 Å². The Labute approximate surface area is 168 Å². The summed E-state index contributed by atoms with van der Waals surface area (Å²) in [6, 6.07) is 0. The number of quaternary nitrogens is 1. The van der Waals surface area contributed by atoms with Gasteiger partial charge in [0.05, 0.1) is 12.8 Å². The molecule has 1 aliphatic rings. The van der Waals surface area contributed by atoms with E-state index in [9.17, 15) is 4.79 Å². The Morgan fingerprint density at radius 3 is 2.33 bits per heavy atom. The lowest BCUT2D eigenvalue weighted by molar-refractivity contribution is -0.959. The van der Waals surface area contributed by atoms with E-state index in [4.69, 9.17) is 4.99 Å². The van der Waals surface area contributed by atoms with Gasteiger partial charge in [-0.1, -0.05) is 57.6 Å². The van der Waals surface area contributed by atoms with Gasteiger partial charge in [0.25, 0.3) is 0 Å². The molecule has 0 aliphatic carbocycles. The van der Waals surface area contributed by atoms with E-state index in [0.29, 0.717) is 6.17 Å². The molecular weight excluding hydrogens is 334 g/mol. The van der Waals surface area contributed by atoms with Gasteiger partial charge in [-0.2, -0.15) is 0 Å². The van der Waals surface area contributed by atoms with Gasteiger partial charge in [0.1, 0.15) is 6.54 Å². The van der Waals surface area contributed by atoms with Crippen molar-refractivity contribution in [2.45, 2.75) is 111 Å². The van der Waals surface area contributed by atoms with Gasteiger partial charge in [0.15, 0.2) is 12.3 Å². The van der Waals surface area contributed by atoms with Gasteiger partial charge >= 0.3 is 0 Å². The molecule has 0 radical (unpaired) electrons. The molecule has 0 bridgehead atoms. The summed E-state index contributed by atoms with van der Waals surface area (Å²) >= 11 is 0. The maximum Gasteiger partial charge on any atom is 0.221 e. The van der Waals surface area contributed by atoms with E-state index < -0.39 is 0 Å². The summed E-state index contributed by atoms with van der Waals surface area (Å²) < 4.78 is 0.881. The van der Waals surface area contributed by atoms with Crippen LogP contribution in [0.5, 0.6) is 0 Å². The molecule has 3 atom stereocenters. The zero-order valence-corrected chi connectivity index (χ0v) is 18.4. The number of allylic oxidation sites excluding steroid dienone is 2. The SMILES string of the molecule is CC/C=C/CCCCCCCCCCC1N=CC[N+]1(CC)C(C)NC(C)=O. The van der Waals surface area contributed by atoms with Gasteiger partial charge in [-0.15, -0.1) is 0 Å². The Morgan fingerprint density at radius 2 is 1.74 bits per heavy atom. The third-order valence-corrected chi connectivity index (χ3v) is 6.05. The first-order chi connectivity index (χ1) is 13.1. The lowest BCUT2D eigenvalue weighted by Crippen LogP contribution is -2.63. The van der Waals surface area contributed by atoms with E-state index in [1.807, 2.05) is 0 Å².